The molecule has 0 unspecified atom stereocenters. The largest absolute Gasteiger partial charge is 0.507 e. The summed E-state index contributed by atoms with van der Waals surface area (Å²) in [6, 6.07) is 30.2. The third kappa shape index (κ3) is 10.9. The summed E-state index contributed by atoms with van der Waals surface area (Å²) in [6.07, 6.45) is -0.807. The van der Waals surface area contributed by atoms with Gasteiger partial charge in [-0.1, -0.05) is 223 Å². The number of imidazole rings is 1. The molecule has 0 atom stereocenters. The molecule has 0 bridgehead atoms. The van der Waals surface area contributed by atoms with Gasteiger partial charge in [0.15, 0.2) is 0 Å². The molecular formula is C69H74N3OPt-. The molecule has 0 amide bonds. The van der Waals surface area contributed by atoms with Crippen molar-refractivity contribution in [2.45, 2.75) is 138 Å². The standard InChI is InChI=1S/C69H74N3O.Pt/c1-43-33-46(49-37-53(66(5,6)7)40-54(38-49)67(8,9)10)27-30-60(43)72-61-24-20-23-56(62(61)71-64(72)57-41-55(68(11,12)13)42-58(63(57)73)69(14,15)16)50-34-48(44-21-18-17-19-22-44)35-51(36-50)59-39-47(31-32-70-59)45-25-28-52(29-26-45)65(2,3)4;/h17-35,37-42,73H,1-16H3;/q-1;/i1D3,2D3,3D3,4D3,25D,26D,28D,29D,31D,32D,39D;. The number of para-hydroxylation sites is 1. The van der Waals surface area contributed by atoms with Gasteiger partial charge in [0.05, 0.1) is 31.9 Å². The van der Waals surface area contributed by atoms with Crippen LogP contribution in [0.3, 0.4) is 0 Å². The molecule has 2 aromatic heterocycles. The van der Waals surface area contributed by atoms with Gasteiger partial charge in [-0.25, -0.2) is 4.98 Å². The first-order chi connectivity index (χ1) is 42.0. The van der Waals surface area contributed by atoms with E-state index in [4.69, 9.17) is 22.8 Å². The summed E-state index contributed by atoms with van der Waals surface area (Å²) in [5, 5.41) is 12.7. The summed E-state index contributed by atoms with van der Waals surface area (Å²) >= 11 is 0. The molecule has 0 fully saturated rings. The fraction of sp³-hybridized carbons (Fsp3) is 0.304. The molecule has 0 saturated carbocycles. The van der Waals surface area contributed by atoms with Gasteiger partial charge in [-0.2, -0.15) is 0 Å². The number of nitrogens with zero attached hydrogens (tertiary/aromatic N) is 3. The molecule has 5 heteroatoms. The van der Waals surface area contributed by atoms with Crippen molar-refractivity contribution in [3.05, 3.63) is 191 Å². The molecule has 0 aliphatic rings. The summed E-state index contributed by atoms with van der Waals surface area (Å²) in [7, 11) is 0. The van der Waals surface area contributed by atoms with Crippen LogP contribution in [0.2, 0.25) is 0 Å². The van der Waals surface area contributed by atoms with Crippen LogP contribution < -0.4 is 0 Å². The van der Waals surface area contributed by atoms with Gasteiger partial charge in [0.25, 0.3) is 0 Å². The van der Waals surface area contributed by atoms with E-state index in [1.54, 1.807) is 59.2 Å². The Balaban J connectivity index is 0.0000111. The van der Waals surface area contributed by atoms with Gasteiger partial charge in [0.2, 0.25) is 0 Å². The van der Waals surface area contributed by atoms with Crippen molar-refractivity contribution in [3.63, 3.8) is 0 Å². The number of fused-ring (bicyclic) bond motifs is 1. The zero-order valence-corrected chi connectivity index (χ0v) is 46.3. The van der Waals surface area contributed by atoms with E-state index in [1.165, 1.54) is 0 Å². The Hall–Kier alpha value is -6.35. The molecule has 382 valence electrons. The Kier molecular flexibility index (Phi) is 9.14. The van der Waals surface area contributed by atoms with E-state index in [0.29, 0.717) is 50.0 Å². The number of aryl methyl sites for hydroxylation is 1. The van der Waals surface area contributed by atoms with Crippen molar-refractivity contribution in [1.82, 2.24) is 14.5 Å². The normalized spacial score (nSPS) is 16.9. The van der Waals surface area contributed by atoms with Crippen molar-refractivity contribution in [2.24, 2.45) is 0 Å². The molecular weight excluding hydrogens is 1080 g/mol. The molecule has 9 aromatic rings. The summed E-state index contributed by atoms with van der Waals surface area (Å²) in [5.41, 5.74) is -0.426. The van der Waals surface area contributed by atoms with Gasteiger partial charge >= 0.3 is 0 Å². The van der Waals surface area contributed by atoms with Crippen LogP contribution in [0.15, 0.2) is 152 Å². The number of hydrogen-bond donors (Lipinski definition) is 1. The van der Waals surface area contributed by atoms with E-state index in [9.17, 15) is 13.3 Å². The Labute approximate surface area is 483 Å². The molecule has 0 saturated heterocycles. The number of phenols is 1. The Morgan fingerprint density at radius 2 is 1.16 bits per heavy atom. The first kappa shape index (κ1) is 34.3. The van der Waals surface area contributed by atoms with Crippen molar-refractivity contribution in [1.29, 1.82) is 0 Å². The number of aromatic hydroxyl groups is 1. The van der Waals surface area contributed by atoms with Crippen LogP contribution in [0.1, 0.15) is 163 Å². The van der Waals surface area contributed by atoms with Gasteiger partial charge in [-0.15, -0.1) is 23.8 Å². The topological polar surface area (TPSA) is 50.9 Å². The number of pyridine rings is 1. The van der Waals surface area contributed by atoms with Gasteiger partial charge < -0.3 is 5.11 Å². The fourth-order valence-corrected chi connectivity index (χ4v) is 8.96. The maximum atomic E-state index is 12.7. The number of hydrogen-bond acceptors (Lipinski definition) is 3. The van der Waals surface area contributed by atoms with Crippen LogP contribution in [0.25, 0.3) is 83.9 Å². The summed E-state index contributed by atoms with van der Waals surface area (Å²) < 4.78 is 169. The number of aromatic nitrogens is 3. The monoisotopic (exact) mass is 1170 g/mol. The van der Waals surface area contributed by atoms with E-state index < -0.39 is 103 Å². The number of rotatable bonds is 7. The molecule has 0 aliphatic carbocycles. The van der Waals surface area contributed by atoms with Gasteiger partial charge in [0.1, 0.15) is 11.6 Å². The minimum atomic E-state index is -3.96. The van der Waals surface area contributed by atoms with Crippen molar-refractivity contribution in [2.75, 3.05) is 0 Å². The maximum absolute atomic E-state index is 12.7. The first-order valence-corrected chi connectivity index (χ1v) is 24.5. The second-order valence-electron chi connectivity index (χ2n) is 23.2. The average Bonchev–Trinajstić information content (AvgIpc) is 0.940. The third-order valence-electron chi connectivity index (χ3n) is 13.3. The summed E-state index contributed by atoms with van der Waals surface area (Å²) in [5.74, 6) is 0.133. The molecule has 4 nitrogen and oxygen atoms in total. The SMILES string of the molecule is [2H]c1nc(-c2[c-]c(-c3cccc4c3nc(-c3cc(C(C)(C)C)cc(C(C)(C)C)c3O)n4-c3ccc(-c4cc(C(C)(C)C)cc(C(C)(C)C)c4)cc3C([2H])([2H])[2H])cc(-c3ccccc3)c2)c([2H])c(-c2c([2H])c([2H])c(C(C([2H])([2H])[2H])(C([2H])([2H])[2H])C([2H])([2H])[2H])c([2H])c2[2H])c1[2H].[Pt]. The van der Waals surface area contributed by atoms with Gasteiger partial charge in [-0.05, 0) is 120 Å². The van der Waals surface area contributed by atoms with Gasteiger partial charge in [-0.3, -0.25) is 9.55 Å². The smallest absolute Gasteiger partial charge is 0.148 e. The molecule has 2 heterocycles. The second-order valence-corrected chi connectivity index (χ2v) is 23.2. The maximum Gasteiger partial charge on any atom is 0.148 e. The van der Waals surface area contributed by atoms with Crippen LogP contribution >= 0.6 is 0 Å². The van der Waals surface area contributed by atoms with Crippen molar-refractivity contribution >= 4 is 11.0 Å². The second kappa shape index (κ2) is 19.7. The van der Waals surface area contributed by atoms with Crippen LogP contribution in [0.4, 0.5) is 0 Å². The molecule has 7 aromatic carbocycles. The fourth-order valence-electron chi connectivity index (χ4n) is 8.96. The van der Waals surface area contributed by atoms with E-state index in [1.807, 2.05) is 57.2 Å². The van der Waals surface area contributed by atoms with E-state index in [-0.39, 0.29) is 66.0 Å². The van der Waals surface area contributed by atoms with Crippen LogP contribution in [-0.4, -0.2) is 19.6 Å². The van der Waals surface area contributed by atoms with E-state index >= 15 is 0 Å². The minimum Gasteiger partial charge on any atom is -0.507 e. The third-order valence-corrected chi connectivity index (χ3v) is 13.3. The van der Waals surface area contributed by atoms with Crippen LogP contribution in [0.5, 0.6) is 5.75 Å². The Bertz CT molecular complexity index is 4320. The van der Waals surface area contributed by atoms with E-state index in [0.717, 1.165) is 22.3 Å². The predicted molar refractivity (Wildman–Crippen MR) is 310 cm³/mol. The average molecular weight is 1180 g/mol. The molecule has 0 aliphatic heterocycles. The molecule has 9 rings (SSSR count). The number of benzene rings is 7. The summed E-state index contributed by atoms with van der Waals surface area (Å²) in [6.45, 7) is 10.3. The quantitative estimate of drug-likeness (QED) is 0.162. The van der Waals surface area contributed by atoms with E-state index in [2.05, 4.69) is 91.6 Å². The van der Waals surface area contributed by atoms with Crippen LogP contribution in [0, 0.1) is 12.9 Å². The van der Waals surface area contributed by atoms with Gasteiger partial charge in [0, 0.05) is 54.9 Å². The van der Waals surface area contributed by atoms with Crippen molar-refractivity contribution in [3.8, 4) is 78.6 Å². The minimum absolute atomic E-state index is 0. The Morgan fingerprint density at radius 3 is 1.78 bits per heavy atom. The molecule has 0 spiro atoms. The predicted octanol–water partition coefficient (Wildman–Crippen LogP) is 18.7. The molecule has 0 radical (unpaired) electrons. The van der Waals surface area contributed by atoms with Crippen molar-refractivity contribution < 1.29 is 52.2 Å². The number of phenolic OH excluding ortho intramolecular Hbond substituents is 1. The molecule has 74 heavy (non-hydrogen) atoms. The Morgan fingerprint density at radius 1 is 0.527 bits per heavy atom. The zero-order valence-electron chi connectivity index (χ0n) is 63.0. The summed E-state index contributed by atoms with van der Waals surface area (Å²) in [4.78, 5) is 9.84. The first-order valence-electron chi connectivity index (χ1n) is 34.0. The van der Waals surface area contributed by atoms with Crippen LogP contribution in [-0.2, 0) is 48.1 Å². The zero-order chi connectivity index (χ0) is 68.7. The molecule has 1 N–H and O–H groups in total.